The Morgan fingerprint density at radius 1 is 1.03 bits per heavy atom. The van der Waals surface area contributed by atoms with Crippen molar-refractivity contribution >= 4 is 5.91 Å². The fourth-order valence-electron chi connectivity index (χ4n) is 5.73. The molecule has 2 fully saturated rings. The van der Waals surface area contributed by atoms with E-state index in [0.29, 0.717) is 24.4 Å². The maximum Gasteiger partial charge on any atom is 0.225 e. The molecule has 0 radical (unpaired) electrons. The number of carbonyl (C=O) groups excluding carboxylic acids is 1. The van der Waals surface area contributed by atoms with E-state index in [1.807, 2.05) is 26.0 Å². The van der Waals surface area contributed by atoms with Crippen LogP contribution in [-0.2, 0) is 11.3 Å². The number of rotatable bonds is 7. The van der Waals surface area contributed by atoms with E-state index in [2.05, 4.69) is 41.0 Å². The minimum Gasteiger partial charge on any atom is -0.339 e. The van der Waals surface area contributed by atoms with Gasteiger partial charge in [-0.15, -0.1) is 0 Å². The highest BCUT2D eigenvalue weighted by atomic mass is 19.1. The second-order valence-electron chi connectivity index (χ2n) is 10.5. The van der Waals surface area contributed by atoms with Crippen LogP contribution in [0.15, 0.2) is 48.5 Å². The zero-order valence-electron chi connectivity index (χ0n) is 20.5. The standard InChI is InChI=1S/C29H39FN2O/c1-21(2)29(33)32(26-10-5-4-6-11-26)19-25-18-31(17-24-9-7-8-12-28(24)30)20-27(25)23-15-13-22(3)14-16-23/h7-9,12-16,21,25-27H,4-6,10-11,17-20H2,1-3H3/t25-,27+/m1/s1. The van der Waals surface area contributed by atoms with Gasteiger partial charge in [-0.3, -0.25) is 9.69 Å². The van der Waals surface area contributed by atoms with Crippen LogP contribution in [0.5, 0.6) is 0 Å². The summed E-state index contributed by atoms with van der Waals surface area (Å²) in [7, 11) is 0. The van der Waals surface area contributed by atoms with Gasteiger partial charge in [0.15, 0.2) is 0 Å². The first-order valence-corrected chi connectivity index (χ1v) is 12.7. The van der Waals surface area contributed by atoms with Gasteiger partial charge in [-0.25, -0.2) is 4.39 Å². The quantitative estimate of drug-likeness (QED) is 0.504. The average Bonchev–Trinajstić information content (AvgIpc) is 3.21. The van der Waals surface area contributed by atoms with Crippen LogP contribution in [0.25, 0.3) is 0 Å². The highest BCUT2D eigenvalue weighted by Crippen LogP contribution is 2.36. The van der Waals surface area contributed by atoms with Gasteiger partial charge in [0, 0.05) is 49.6 Å². The Kier molecular flexibility index (Phi) is 7.85. The Labute approximate surface area is 199 Å². The van der Waals surface area contributed by atoms with Gasteiger partial charge in [0.25, 0.3) is 0 Å². The van der Waals surface area contributed by atoms with Crippen molar-refractivity contribution in [2.24, 2.45) is 11.8 Å². The summed E-state index contributed by atoms with van der Waals surface area (Å²) >= 11 is 0. The molecule has 4 rings (SSSR count). The maximum atomic E-state index is 14.4. The van der Waals surface area contributed by atoms with E-state index in [1.54, 1.807) is 12.1 Å². The van der Waals surface area contributed by atoms with Crippen molar-refractivity contribution in [3.63, 3.8) is 0 Å². The van der Waals surface area contributed by atoms with E-state index in [1.165, 1.54) is 30.4 Å². The highest BCUT2D eigenvalue weighted by Gasteiger charge is 2.38. The summed E-state index contributed by atoms with van der Waals surface area (Å²) in [6, 6.07) is 16.3. The Morgan fingerprint density at radius 3 is 2.39 bits per heavy atom. The first-order chi connectivity index (χ1) is 15.9. The number of amides is 1. The molecular formula is C29H39FN2O. The third-order valence-electron chi connectivity index (χ3n) is 7.60. The van der Waals surface area contributed by atoms with Crippen LogP contribution in [0.4, 0.5) is 4.39 Å². The normalized spacial score (nSPS) is 22.1. The largest absolute Gasteiger partial charge is 0.339 e. The van der Waals surface area contributed by atoms with Crippen molar-refractivity contribution in [3.05, 3.63) is 71.0 Å². The van der Waals surface area contributed by atoms with Crippen LogP contribution in [0.3, 0.4) is 0 Å². The molecule has 1 aliphatic heterocycles. The molecule has 0 spiro atoms. The van der Waals surface area contributed by atoms with Gasteiger partial charge in [-0.2, -0.15) is 0 Å². The molecule has 2 aromatic rings. The zero-order chi connectivity index (χ0) is 23.4. The van der Waals surface area contributed by atoms with Crippen molar-refractivity contribution in [1.82, 2.24) is 9.80 Å². The van der Waals surface area contributed by atoms with Crippen LogP contribution in [0.2, 0.25) is 0 Å². The predicted molar refractivity (Wildman–Crippen MR) is 133 cm³/mol. The van der Waals surface area contributed by atoms with Gasteiger partial charge < -0.3 is 4.90 Å². The molecule has 1 aliphatic carbocycles. The molecule has 4 heteroatoms. The summed E-state index contributed by atoms with van der Waals surface area (Å²) in [4.78, 5) is 17.9. The van der Waals surface area contributed by atoms with Gasteiger partial charge >= 0.3 is 0 Å². The molecule has 1 amide bonds. The van der Waals surface area contributed by atoms with E-state index in [4.69, 9.17) is 0 Å². The van der Waals surface area contributed by atoms with Crippen molar-refractivity contribution < 1.29 is 9.18 Å². The van der Waals surface area contributed by atoms with Crippen LogP contribution >= 0.6 is 0 Å². The lowest BCUT2D eigenvalue weighted by Crippen LogP contribution is -2.47. The lowest BCUT2D eigenvalue weighted by molar-refractivity contribution is -0.138. The van der Waals surface area contributed by atoms with Crippen LogP contribution in [0, 0.1) is 24.6 Å². The Bertz CT molecular complexity index is 919. The summed E-state index contributed by atoms with van der Waals surface area (Å²) in [5, 5.41) is 0. The minimum atomic E-state index is -0.133. The number of nitrogens with zero attached hydrogens (tertiary/aromatic N) is 2. The van der Waals surface area contributed by atoms with Gasteiger partial charge in [-0.1, -0.05) is 81.1 Å². The lowest BCUT2D eigenvalue weighted by atomic mass is 9.86. The summed E-state index contributed by atoms with van der Waals surface area (Å²) < 4.78 is 14.4. The summed E-state index contributed by atoms with van der Waals surface area (Å²) in [5.74, 6) is 0.872. The first-order valence-electron chi connectivity index (χ1n) is 12.7. The summed E-state index contributed by atoms with van der Waals surface area (Å²) in [6.45, 7) is 9.37. The highest BCUT2D eigenvalue weighted by molar-refractivity contribution is 5.78. The Balaban J connectivity index is 1.58. The molecule has 0 bridgehead atoms. The van der Waals surface area contributed by atoms with Gasteiger partial charge in [-0.05, 0) is 37.3 Å². The van der Waals surface area contributed by atoms with Crippen molar-refractivity contribution in [1.29, 1.82) is 0 Å². The average molecular weight is 451 g/mol. The van der Waals surface area contributed by atoms with Gasteiger partial charge in [0.05, 0.1) is 0 Å². The predicted octanol–water partition coefficient (Wildman–Crippen LogP) is 6.17. The number of halogens is 1. The molecular weight excluding hydrogens is 411 g/mol. The fourth-order valence-corrected chi connectivity index (χ4v) is 5.73. The van der Waals surface area contributed by atoms with E-state index < -0.39 is 0 Å². The molecule has 33 heavy (non-hydrogen) atoms. The SMILES string of the molecule is Cc1ccc([C@@H]2CN(Cc3ccccc3F)C[C@@H]2CN(C(=O)C(C)C)C2CCCCC2)cc1. The molecule has 1 heterocycles. The smallest absolute Gasteiger partial charge is 0.225 e. The molecule has 0 aromatic heterocycles. The minimum absolute atomic E-state index is 0.0145. The van der Waals surface area contributed by atoms with Gasteiger partial charge in [0.2, 0.25) is 5.91 Å². The number of hydrogen-bond donors (Lipinski definition) is 0. The second-order valence-corrected chi connectivity index (χ2v) is 10.5. The second kappa shape index (κ2) is 10.8. The van der Waals surface area contributed by atoms with Crippen LogP contribution < -0.4 is 0 Å². The lowest BCUT2D eigenvalue weighted by Gasteiger charge is -2.38. The van der Waals surface area contributed by atoms with Crippen molar-refractivity contribution in [2.45, 2.75) is 71.4 Å². The fraction of sp³-hybridized carbons (Fsp3) is 0.552. The number of hydrogen-bond acceptors (Lipinski definition) is 2. The Hall–Kier alpha value is -2.20. The molecule has 178 valence electrons. The van der Waals surface area contributed by atoms with Crippen molar-refractivity contribution in [3.8, 4) is 0 Å². The van der Waals surface area contributed by atoms with Crippen molar-refractivity contribution in [2.75, 3.05) is 19.6 Å². The molecule has 1 saturated heterocycles. The van der Waals surface area contributed by atoms with Crippen LogP contribution in [0.1, 0.15) is 68.6 Å². The summed E-state index contributed by atoms with van der Waals surface area (Å²) in [6.07, 6.45) is 5.97. The third-order valence-corrected chi connectivity index (χ3v) is 7.60. The topological polar surface area (TPSA) is 23.6 Å². The number of likely N-dealkylation sites (tertiary alicyclic amines) is 1. The van der Waals surface area contributed by atoms with E-state index in [9.17, 15) is 9.18 Å². The number of carbonyl (C=O) groups is 1. The zero-order valence-corrected chi connectivity index (χ0v) is 20.5. The monoisotopic (exact) mass is 450 g/mol. The van der Waals surface area contributed by atoms with E-state index >= 15 is 0 Å². The van der Waals surface area contributed by atoms with E-state index in [0.717, 1.165) is 38.0 Å². The number of aryl methyl sites for hydroxylation is 1. The van der Waals surface area contributed by atoms with E-state index in [-0.39, 0.29) is 17.6 Å². The molecule has 0 N–H and O–H groups in total. The molecule has 0 unspecified atom stereocenters. The molecule has 1 saturated carbocycles. The third kappa shape index (κ3) is 5.84. The molecule has 2 aromatic carbocycles. The summed E-state index contributed by atoms with van der Waals surface area (Å²) in [5.41, 5.74) is 3.35. The molecule has 3 nitrogen and oxygen atoms in total. The Morgan fingerprint density at radius 2 is 1.73 bits per heavy atom. The first kappa shape index (κ1) is 23.9. The molecule has 2 atom stereocenters. The maximum absolute atomic E-state index is 14.4. The van der Waals surface area contributed by atoms with Crippen LogP contribution in [-0.4, -0.2) is 41.4 Å². The molecule has 2 aliphatic rings. The van der Waals surface area contributed by atoms with Gasteiger partial charge in [0.1, 0.15) is 5.82 Å². The number of benzene rings is 2.